The topological polar surface area (TPSA) is 78.0 Å². The van der Waals surface area contributed by atoms with Gasteiger partial charge in [-0.1, -0.05) is 0 Å². The lowest BCUT2D eigenvalue weighted by molar-refractivity contribution is 0.595. The van der Waals surface area contributed by atoms with Crippen molar-refractivity contribution < 1.29 is 8.42 Å². The number of sulfone groups is 1. The molecule has 0 fully saturated rings. The van der Waals surface area contributed by atoms with Crippen LogP contribution in [0.5, 0.6) is 0 Å². The summed E-state index contributed by atoms with van der Waals surface area (Å²) in [5.74, 6) is 0.452. The molecule has 0 radical (unpaired) electrons. The molecule has 0 aliphatic heterocycles. The Morgan fingerprint density at radius 1 is 1.62 bits per heavy atom. The first-order valence-electron chi connectivity index (χ1n) is 3.85. The third-order valence-corrected chi connectivity index (χ3v) is 2.55. The number of aromatic nitrogens is 2. The fourth-order valence-corrected chi connectivity index (χ4v) is 1.54. The van der Waals surface area contributed by atoms with Gasteiger partial charge in [-0.25, -0.2) is 13.4 Å². The highest BCUT2D eigenvalue weighted by Gasteiger charge is 2.05. The standard InChI is InChI=1S/C7H13N3O2S/c1-6-5-10(7(8)9-6)3-4-13(2,11)12/h5H,3-4H2,1-2H3,(H2,8,9). The van der Waals surface area contributed by atoms with Crippen molar-refractivity contribution in [1.29, 1.82) is 0 Å². The molecule has 0 aliphatic rings. The molecule has 0 unspecified atom stereocenters. The average molecular weight is 203 g/mol. The van der Waals surface area contributed by atoms with Crippen molar-refractivity contribution in [3.63, 3.8) is 0 Å². The third-order valence-electron chi connectivity index (χ3n) is 1.63. The van der Waals surface area contributed by atoms with Crippen LogP contribution in [0.1, 0.15) is 5.69 Å². The molecular weight excluding hydrogens is 190 g/mol. The zero-order chi connectivity index (χ0) is 10.1. The van der Waals surface area contributed by atoms with E-state index < -0.39 is 9.84 Å². The van der Waals surface area contributed by atoms with Crippen molar-refractivity contribution in [2.45, 2.75) is 13.5 Å². The zero-order valence-electron chi connectivity index (χ0n) is 7.69. The highest BCUT2D eigenvalue weighted by atomic mass is 32.2. The second kappa shape index (κ2) is 3.37. The van der Waals surface area contributed by atoms with E-state index in [1.54, 1.807) is 10.8 Å². The predicted molar refractivity (Wildman–Crippen MR) is 51.1 cm³/mol. The summed E-state index contributed by atoms with van der Waals surface area (Å²) in [5, 5.41) is 0. The first kappa shape index (κ1) is 10.0. The molecule has 13 heavy (non-hydrogen) atoms. The quantitative estimate of drug-likeness (QED) is 0.739. The average Bonchev–Trinajstić information content (AvgIpc) is 2.24. The molecule has 0 atom stereocenters. The van der Waals surface area contributed by atoms with E-state index in [0.717, 1.165) is 5.69 Å². The Morgan fingerprint density at radius 3 is 2.62 bits per heavy atom. The number of hydrogen-bond donors (Lipinski definition) is 1. The van der Waals surface area contributed by atoms with Gasteiger partial charge in [-0.05, 0) is 6.92 Å². The third kappa shape index (κ3) is 3.06. The highest BCUT2D eigenvalue weighted by molar-refractivity contribution is 7.90. The van der Waals surface area contributed by atoms with Gasteiger partial charge in [0.05, 0.1) is 11.4 Å². The molecule has 74 valence electrons. The summed E-state index contributed by atoms with van der Waals surface area (Å²) in [6, 6.07) is 0. The minimum atomic E-state index is -2.93. The van der Waals surface area contributed by atoms with Crippen LogP contribution in [0.15, 0.2) is 6.20 Å². The summed E-state index contributed by atoms with van der Waals surface area (Å²) in [7, 11) is -2.93. The van der Waals surface area contributed by atoms with E-state index in [1.807, 2.05) is 6.92 Å². The molecule has 6 heteroatoms. The molecule has 1 rings (SSSR count). The van der Waals surface area contributed by atoms with Gasteiger partial charge in [-0.3, -0.25) is 0 Å². The number of hydrogen-bond acceptors (Lipinski definition) is 4. The number of imidazole rings is 1. The SMILES string of the molecule is Cc1cn(CCS(C)(=O)=O)c(N)n1. The van der Waals surface area contributed by atoms with E-state index in [-0.39, 0.29) is 5.75 Å². The van der Waals surface area contributed by atoms with Crippen LogP contribution in [0.25, 0.3) is 0 Å². The van der Waals surface area contributed by atoms with Gasteiger partial charge in [-0.15, -0.1) is 0 Å². The number of rotatable bonds is 3. The van der Waals surface area contributed by atoms with E-state index in [9.17, 15) is 8.42 Å². The minimum Gasteiger partial charge on any atom is -0.369 e. The molecule has 0 aliphatic carbocycles. The molecule has 5 nitrogen and oxygen atoms in total. The number of nitrogens with two attached hydrogens (primary N) is 1. The van der Waals surface area contributed by atoms with Crippen molar-refractivity contribution in [3.8, 4) is 0 Å². The van der Waals surface area contributed by atoms with Crippen LogP contribution in [0, 0.1) is 6.92 Å². The number of anilines is 1. The summed E-state index contributed by atoms with van der Waals surface area (Å²) in [6.45, 7) is 2.18. The van der Waals surface area contributed by atoms with Crippen LogP contribution in [-0.2, 0) is 16.4 Å². The highest BCUT2D eigenvalue weighted by Crippen LogP contribution is 2.03. The van der Waals surface area contributed by atoms with E-state index in [2.05, 4.69) is 4.98 Å². The molecule has 0 spiro atoms. The Morgan fingerprint density at radius 2 is 2.23 bits per heavy atom. The lowest BCUT2D eigenvalue weighted by Crippen LogP contribution is -2.12. The molecular formula is C7H13N3O2S. The van der Waals surface area contributed by atoms with Gasteiger partial charge >= 0.3 is 0 Å². The number of aryl methyl sites for hydroxylation is 2. The van der Waals surface area contributed by atoms with Crippen LogP contribution < -0.4 is 5.73 Å². The fraction of sp³-hybridized carbons (Fsp3) is 0.571. The van der Waals surface area contributed by atoms with Crippen molar-refractivity contribution in [2.24, 2.45) is 0 Å². The normalized spacial score (nSPS) is 11.8. The van der Waals surface area contributed by atoms with Crippen molar-refractivity contribution in [3.05, 3.63) is 11.9 Å². The maximum absolute atomic E-state index is 10.8. The van der Waals surface area contributed by atoms with Crippen molar-refractivity contribution in [1.82, 2.24) is 9.55 Å². The van der Waals surface area contributed by atoms with Crippen LogP contribution in [0.4, 0.5) is 5.95 Å². The van der Waals surface area contributed by atoms with Gasteiger partial charge in [0.15, 0.2) is 5.95 Å². The molecule has 1 aromatic rings. The first-order valence-corrected chi connectivity index (χ1v) is 5.91. The Bertz CT molecular complexity index is 394. The Balaban J connectivity index is 2.70. The maximum atomic E-state index is 10.8. The predicted octanol–water partition coefficient (Wildman–Crippen LogP) is -0.182. The van der Waals surface area contributed by atoms with E-state index in [4.69, 9.17) is 5.73 Å². The number of nitrogens with zero attached hydrogens (tertiary/aromatic N) is 2. The lowest BCUT2D eigenvalue weighted by atomic mass is 10.6. The van der Waals surface area contributed by atoms with E-state index in [0.29, 0.717) is 12.5 Å². The first-order chi connectivity index (χ1) is 5.88. The molecule has 2 N–H and O–H groups in total. The van der Waals surface area contributed by atoms with Crippen LogP contribution in [0.2, 0.25) is 0 Å². The molecule has 1 aromatic heterocycles. The van der Waals surface area contributed by atoms with Crippen molar-refractivity contribution in [2.75, 3.05) is 17.7 Å². The monoisotopic (exact) mass is 203 g/mol. The Kier molecular flexibility index (Phi) is 2.60. The van der Waals surface area contributed by atoms with Gasteiger partial charge in [0.2, 0.25) is 0 Å². The van der Waals surface area contributed by atoms with E-state index in [1.165, 1.54) is 6.26 Å². The minimum absolute atomic E-state index is 0.0903. The summed E-state index contributed by atoms with van der Waals surface area (Å²) in [4.78, 5) is 3.96. The van der Waals surface area contributed by atoms with Gasteiger partial charge < -0.3 is 10.3 Å². The zero-order valence-corrected chi connectivity index (χ0v) is 8.50. The fourth-order valence-electron chi connectivity index (χ4n) is 1.01. The Hall–Kier alpha value is -1.04. The van der Waals surface area contributed by atoms with E-state index >= 15 is 0 Å². The molecule has 0 bridgehead atoms. The molecule has 0 aromatic carbocycles. The van der Waals surface area contributed by atoms with Crippen LogP contribution >= 0.6 is 0 Å². The molecule has 0 saturated heterocycles. The van der Waals surface area contributed by atoms with Gasteiger partial charge in [-0.2, -0.15) is 0 Å². The van der Waals surface area contributed by atoms with Crippen LogP contribution in [-0.4, -0.2) is 30.0 Å². The molecule has 1 heterocycles. The van der Waals surface area contributed by atoms with Crippen molar-refractivity contribution >= 4 is 15.8 Å². The summed E-state index contributed by atoms with van der Waals surface area (Å²) in [6.07, 6.45) is 2.94. The smallest absolute Gasteiger partial charge is 0.200 e. The van der Waals surface area contributed by atoms with Gasteiger partial charge in [0, 0.05) is 19.0 Å². The van der Waals surface area contributed by atoms with Gasteiger partial charge in [0.1, 0.15) is 9.84 Å². The van der Waals surface area contributed by atoms with Gasteiger partial charge in [0.25, 0.3) is 0 Å². The summed E-state index contributed by atoms with van der Waals surface area (Å²) in [5.41, 5.74) is 6.32. The summed E-state index contributed by atoms with van der Waals surface area (Å²) >= 11 is 0. The second-order valence-electron chi connectivity index (χ2n) is 3.06. The summed E-state index contributed by atoms with van der Waals surface area (Å²) < 4.78 is 23.3. The second-order valence-corrected chi connectivity index (χ2v) is 5.32. The molecule has 0 saturated carbocycles. The largest absolute Gasteiger partial charge is 0.369 e. The number of nitrogen functional groups attached to an aromatic ring is 1. The molecule has 0 amide bonds. The van der Waals surface area contributed by atoms with Crippen LogP contribution in [0.3, 0.4) is 0 Å². The Labute approximate surface area is 77.5 Å². The lowest BCUT2D eigenvalue weighted by Gasteiger charge is -2.01. The maximum Gasteiger partial charge on any atom is 0.200 e.